The molecule has 2 N–H and O–H groups in total. The zero-order valence-electron chi connectivity index (χ0n) is 28.6. The van der Waals surface area contributed by atoms with Gasteiger partial charge in [0.25, 0.3) is 5.91 Å². The van der Waals surface area contributed by atoms with Crippen LogP contribution in [0.1, 0.15) is 38.7 Å². The third kappa shape index (κ3) is 18.5. The Hall–Kier alpha value is -2.25. The van der Waals surface area contributed by atoms with E-state index in [2.05, 4.69) is 16.7 Å². The van der Waals surface area contributed by atoms with Crippen LogP contribution >= 0.6 is 0 Å². The molecule has 1 saturated heterocycles. The molecule has 14 heteroatoms. The van der Waals surface area contributed by atoms with E-state index >= 15 is 0 Å². The van der Waals surface area contributed by atoms with Crippen LogP contribution in [0.3, 0.4) is 0 Å². The second kappa shape index (κ2) is 25.7. The van der Waals surface area contributed by atoms with E-state index in [9.17, 15) is 19.6 Å². The van der Waals surface area contributed by atoms with Crippen molar-refractivity contribution in [2.24, 2.45) is 11.3 Å². The van der Waals surface area contributed by atoms with Gasteiger partial charge in [0.1, 0.15) is 17.4 Å². The summed E-state index contributed by atoms with van der Waals surface area (Å²) in [7, 11) is 1.60. The van der Waals surface area contributed by atoms with Crippen molar-refractivity contribution in [3.05, 3.63) is 41.5 Å². The van der Waals surface area contributed by atoms with Crippen molar-refractivity contribution < 1.29 is 81.4 Å². The second-order valence-electron chi connectivity index (χ2n) is 12.0. The summed E-state index contributed by atoms with van der Waals surface area (Å²) in [5, 5.41) is 15.1. The van der Waals surface area contributed by atoms with Gasteiger partial charge in [-0.2, -0.15) is 11.7 Å². The molecule has 1 aliphatic heterocycles. The first-order chi connectivity index (χ1) is 22.7. The Kier molecular flexibility index (Phi) is 23.4. The molecule has 3 amide bonds. The molecule has 2 atom stereocenters. The van der Waals surface area contributed by atoms with Gasteiger partial charge >= 0.3 is 0 Å². The quantitative estimate of drug-likeness (QED) is 0.0551. The van der Waals surface area contributed by atoms with E-state index in [4.69, 9.17) is 28.4 Å². The summed E-state index contributed by atoms with van der Waals surface area (Å²) in [6, 6.07) is 9.71. The number of allylic oxidation sites excluding steroid dienone is 1. The molecule has 48 heavy (non-hydrogen) atoms. The van der Waals surface area contributed by atoms with Crippen LogP contribution in [0.2, 0.25) is 0 Å². The van der Waals surface area contributed by atoms with E-state index in [0.29, 0.717) is 92.1 Å². The number of piperidine rings is 1. The van der Waals surface area contributed by atoms with Crippen LogP contribution in [0, 0.1) is 61.3 Å². The molecule has 0 saturated carbocycles. The number of carbonyl (C=O) groups excluding carboxylic acids is 3. The smallest absolute Gasteiger partial charge is 0.264 e. The van der Waals surface area contributed by atoms with Crippen molar-refractivity contribution >= 4 is 18.2 Å². The minimum Gasteiger partial charge on any atom is -0.528 e. The minimum absolute atomic E-state index is 0. The number of ether oxygens (including phenoxy) is 6. The number of nitrogens with zero attached hydrogens (tertiary/aromatic N) is 2. The molecule has 1 heterocycles. The molecule has 2 unspecified atom stereocenters. The fraction of sp³-hybridized carbons (Fsp3) is 0.647. The van der Waals surface area contributed by atoms with Crippen LogP contribution in [0.25, 0.3) is 0 Å². The third-order valence-corrected chi connectivity index (χ3v) is 7.10. The van der Waals surface area contributed by atoms with E-state index in [1.54, 1.807) is 24.5 Å². The standard InChI is InChI=1S/C34H51N4O9.Tb/c1-34(2,3)22-30(23-35)33(41)38-24-28(27-5-7-31(42-4)8-6-27)21-29(25-38)32(40)37-10-12-44-14-16-46-18-20-47-19-17-45-15-13-43-11-9-36-26-39;/h5-8,22,28-29H,9-21,24-25H2,1-4H3,(H,36,39)(H,37,40);/q-1;/b30-22+;. The largest absolute Gasteiger partial charge is 0.528 e. The summed E-state index contributed by atoms with van der Waals surface area (Å²) >= 11 is 0. The van der Waals surface area contributed by atoms with Crippen LogP contribution in [-0.2, 0) is 38.1 Å². The SMILES string of the molecule is COc1ccc(C2CC(C(=O)NCCOCCOCCOCCOCCOCCN[C-]=O)CN(C(=O)/C(C#N)=C/C(C)(C)C)C2)cc1.[Tb]. The third-order valence-electron chi connectivity index (χ3n) is 7.10. The molecule has 0 aromatic heterocycles. The Balaban J connectivity index is 0.0000115. The average molecular weight is 819 g/mol. The van der Waals surface area contributed by atoms with Gasteiger partial charge in [0.15, 0.2) is 0 Å². The van der Waals surface area contributed by atoms with Crippen LogP contribution in [0.5, 0.6) is 5.75 Å². The number of benzene rings is 1. The van der Waals surface area contributed by atoms with Crippen molar-refractivity contribution in [2.75, 3.05) is 99.4 Å². The number of nitrogens with one attached hydrogen (secondary N) is 2. The zero-order valence-corrected chi connectivity index (χ0v) is 30.7. The number of nitriles is 1. The van der Waals surface area contributed by atoms with E-state index in [1.807, 2.05) is 45.0 Å². The van der Waals surface area contributed by atoms with Crippen LogP contribution in [0.4, 0.5) is 0 Å². The molecule has 1 aliphatic rings. The molecule has 1 aromatic carbocycles. The molecule has 0 bridgehead atoms. The zero-order chi connectivity index (χ0) is 34.3. The first-order valence-electron chi connectivity index (χ1n) is 16.0. The fourth-order valence-electron chi connectivity index (χ4n) is 4.86. The van der Waals surface area contributed by atoms with E-state index in [-0.39, 0.29) is 73.9 Å². The summed E-state index contributed by atoms with van der Waals surface area (Å²) in [4.78, 5) is 38.3. The number of methoxy groups -OCH3 is 1. The average Bonchev–Trinajstić information content (AvgIpc) is 3.07. The van der Waals surface area contributed by atoms with Crippen molar-refractivity contribution in [1.29, 1.82) is 5.26 Å². The van der Waals surface area contributed by atoms with Crippen molar-refractivity contribution in [2.45, 2.75) is 33.1 Å². The van der Waals surface area contributed by atoms with Gasteiger partial charge in [0.05, 0.1) is 79.1 Å². The number of hydrogen-bond donors (Lipinski definition) is 2. The molecule has 0 aliphatic carbocycles. The maximum absolute atomic E-state index is 13.4. The van der Waals surface area contributed by atoms with Gasteiger partial charge in [-0.3, -0.25) is 9.59 Å². The van der Waals surface area contributed by atoms with Crippen LogP contribution < -0.4 is 15.4 Å². The maximum atomic E-state index is 13.4. The summed E-state index contributed by atoms with van der Waals surface area (Å²) < 4.78 is 32.5. The van der Waals surface area contributed by atoms with Crippen molar-refractivity contribution in [1.82, 2.24) is 15.5 Å². The van der Waals surface area contributed by atoms with Gasteiger partial charge in [-0.15, -0.1) is 0 Å². The Bertz CT molecular complexity index is 1140. The molecular weight excluding hydrogens is 767 g/mol. The van der Waals surface area contributed by atoms with Gasteiger partial charge in [-0.25, -0.2) is 0 Å². The molecule has 1 radical (unpaired) electrons. The second-order valence-corrected chi connectivity index (χ2v) is 12.0. The molecule has 1 fully saturated rings. The maximum Gasteiger partial charge on any atom is 0.264 e. The van der Waals surface area contributed by atoms with E-state index < -0.39 is 5.92 Å². The van der Waals surface area contributed by atoms with Gasteiger partial charge in [-0.1, -0.05) is 39.0 Å². The molecule has 1 aromatic rings. The Morgan fingerprint density at radius 1 is 0.896 bits per heavy atom. The predicted octanol–water partition coefficient (Wildman–Crippen LogP) is 1.98. The Labute approximate surface area is 315 Å². The van der Waals surface area contributed by atoms with Gasteiger partial charge in [-0.05, 0) is 29.5 Å². The topological polar surface area (TPSA) is 158 Å². The number of amides is 3. The normalized spacial score (nSPS) is 16.4. The van der Waals surface area contributed by atoms with Crippen molar-refractivity contribution in [3.8, 4) is 11.8 Å². The fourth-order valence-corrected chi connectivity index (χ4v) is 4.86. The number of likely N-dealkylation sites (tertiary alicyclic amines) is 1. The van der Waals surface area contributed by atoms with Crippen molar-refractivity contribution in [3.63, 3.8) is 0 Å². The van der Waals surface area contributed by atoms with Crippen LogP contribution in [-0.4, -0.2) is 122 Å². The van der Waals surface area contributed by atoms with Gasteiger partial charge in [0.2, 0.25) is 5.91 Å². The predicted molar refractivity (Wildman–Crippen MR) is 174 cm³/mol. The molecule has 271 valence electrons. The van der Waals surface area contributed by atoms with Crippen LogP contribution in [0.15, 0.2) is 35.9 Å². The first-order valence-corrected chi connectivity index (χ1v) is 16.0. The number of carbonyl (C=O) groups is 2. The summed E-state index contributed by atoms with van der Waals surface area (Å²) in [5.41, 5.74) is 0.746. The van der Waals surface area contributed by atoms with E-state index in [1.165, 1.54) is 0 Å². The number of rotatable bonds is 23. The Morgan fingerprint density at radius 2 is 1.42 bits per heavy atom. The molecule has 0 spiro atoms. The van der Waals surface area contributed by atoms with E-state index in [0.717, 1.165) is 11.3 Å². The Morgan fingerprint density at radius 3 is 1.90 bits per heavy atom. The summed E-state index contributed by atoms with van der Waals surface area (Å²) in [6.45, 7) is 11.4. The molecular formula is C34H51N4O9Tb-. The van der Waals surface area contributed by atoms with Gasteiger partial charge in [0, 0.05) is 70.7 Å². The molecule has 2 rings (SSSR count). The monoisotopic (exact) mass is 818 g/mol. The number of hydrogen-bond acceptors (Lipinski definition) is 10. The van der Waals surface area contributed by atoms with Gasteiger partial charge < -0.3 is 48.7 Å². The summed E-state index contributed by atoms with van der Waals surface area (Å²) in [6.07, 6.45) is 3.84. The molecule has 13 nitrogen and oxygen atoms in total. The summed E-state index contributed by atoms with van der Waals surface area (Å²) in [5.74, 6) is -0.295. The first kappa shape index (κ1) is 43.8. The minimum atomic E-state index is -0.438.